The summed E-state index contributed by atoms with van der Waals surface area (Å²) in [5.41, 5.74) is 0. The molecule has 0 fully saturated rings. The fraction of sp³-hybridized carbons (Fsp3) is 0.865. The van der Waals surface area contributed by atoms with E-state index in [1.165, 1.54) is 167 Å². The summed E-state index contributed by atoms with van der Waals surface area (Å²) in [6, 6.07) is -0.612. The standard InChI is InChI=1S/C52H97NO7/c1-6-8-10-12-14-16-18-20-22-24-25-26-27-29-30-32-34-36-38-40-42-50(54)59-47-48(46-58-45-44-49(52(56)57)53(3,4)5)60-51(55)43-41-39-37-35-33-31-28-23-21-19-17-15-13-11-9-7-2/h16,18,20,22,48-49H,6-15,17,19,21,23-47H2,1-5H3/p+1/b18-16+,22-20+. The quantitative estimate of drug-likeness (QED) is 0.0282. The predicted molar refractivity (Wildman–Crippen MR) is 252 cm³/mol. The summed E-state index contributed by atoms with van der Waals surface area (Å²) in [6.07, 6.45) is 49.3. The van der Waals surface area contributed by atoms with Gasteiger partial charge in [-0.2, -0.15) is 0 Å². The van der Waals surface area contributed by atoms with Crippen molar-refractivity contribution in [3.63, 3.8) is 0 Å². The fourth-order valence-electron chi connectivity index (χ4n) is 7.67. The number of hydrogen-bond donors (Lipinski definition) is 1. The number of carbonyl (C=O) groups is 3. The number of carboxylic acid groups (broad SMARTS) is 1. The monoisotopic (exact) mass is 849 g/mol. The molecule has 2 atom stereocenters. The van der Waals surface area contributed by atoms with Crippen molar-refractivity contribution in [2.24, 2.45) is 0 Å². The Balaban J connectivity index is 4.22. The molecule has 8 heteroatoms. The van der Waals surface area contributed by atoms with Crippen LogP contribution < -0.4 is 0 Å². The van der Waals surface area contributed by atoms with Gasteiger partial charge < -0.3 is 23.8 Å². The number of carboxylic acids is 1. The number of aliphatic carboxylic acids is 1. The van der Waals surface area contributed by atoms with Crippen molar-refractivity contribution in [3.8, 4) is 0 Å². The Kier molecular flexibility index (Phi) is 41.9. The molecular formula is C52H98NO7+. The first-order chi connectivity index (χ1) is 29.1. The summed E-state index contributed by atoms with van der Waals surface area (Å²) in [4.78, 5) is 37.1. The van der Waals surface area contributed by atoms with E-state index in [-0.39, 0.29) is 36.2 Å². The highest BCUT2D eigenvalue weighted by molar-refractivity contribution is 5.72. The molecule has 0 bridgehead atoms. The second kappa shape index (κ2) is 43.5. The van der Waals surface area contributed by atoms with Crippen LogP contribution in [0.15, 0.2) is 24.3 Å². The molecule has 0 aliphatic heterocycles. The first-order valence-electron chi connectivity index (χ1n) is 25.4. The van der Waals surface area contributed by atoms with Gasteiger partial charge in [0.2, 0.25) is 0 Å². The van der Waals surface area contributed by atoms with Crippen molar-refractivity contribution in [2.75, 3.05) is 41.0 Å². The lowest BCUT2D eigenvalue weighted by molar-refractivity contribution is -0.887. The maximum atomic E-state index is 12.8. The summed E-state index contributed by atoms with van der Waals surface area (Å²) in [5, 5.41) is 9.65. The van der Waals surface area contributed by atoms with Gasteiger partial charge in [0, 0.05) is 19.3 Å². The van der Waals surface area contributed by atoms with Gasteiger partial charge in [-0.3, -0.25) is 9.59 Å². The van der Waals surface area contributed by atoms with E-state index in [0.29, 0.717) is 19.3 Å². The van der Waals surface area contributed by atoms with Crippen LogP contribution >= 0.6 is 0 Å². The second-order valence-corrected chi connectivity index (χ2v) is 18.5. The smallest absolute Gasteiger partial charge is 0.362 e. The van der Waals surface area contributed by atoms with Crippen LogP contribution in [-0.2, 0) is 28.6 Å². The largest absolute Gasteiger partial charge is 0.477 e. The highest BCUT2D eigenvalue weighted by atomic mass is 16.6. The van der Waals surface area contributed by atoms with Crippen LogP contribution in [0.1, 0.15) is 239 Å². The molecule has 60 heavy (non-hydrogen) atoms. The Morgan fingerprint density at radius 3 is 1.27 bits per heavy atom. The first kappa shape index (κ1) is 57.8. The van der Waals surface area contributed by atoms with Gasteiger partial charge >= 0.3 is 17.9 Å². The van der Waals surface area contributed by atoms with Gasteiger partial charge in [0.15, 0.2) is 12.1 Å². The summed E-state index contributed by atoms with van der Waals surface area (Å²) in [5.74, 6) is -1.45. The molecule has 0 saturated heterocycles. The maximum Gasteiger partial charge on any atom is 0.362 e. The molecule has 0 heterocycles. The molecule has 0 aliphatic carbocycles. The molecule has 8 nitrogen and oxygen atoms in total. The third-order valence-corrected chi connectivity index (χ3v) is 11.6. The van der Waals surface area contributed by atoms with Gasteiger partial charge in [-0.1, -0.05) is 205 Å². The maximum absolute atomic E-state index is 12.8. The van der Waals surface area contributed by atoms with Gasteiger partial charge in [0.05, 0.1) is 34.4 Å². The number of rotatable bonds is 46. The van der Waals surface area contributed by atoms with Crippen LogP contribution in [0, 0.1) is 0 Å². The molecule has 0 saturated carbocycles. The number of unbranched alkanes of at least 4 members (excludes halogenated alkanes) is 29. The van der Waals surface area contributed by atoms with Crippen LogP contribution in [0.25, 0.3) is 0 Å². The molecule has 0 rings (SSSR count). The summed E-state index contributed by atoms with van der Waals surface area (Å²) >= 11 is 0. The molecule has 0 amide bonds. The minimum atomic E-state index is -0.872. The zero-order valence-electron chi connectivity index (χ0n) is 40.2. The molecular weight excluding hydrogens is 751 g/mol. The molecule has 1 N–H and O–H groups in total. The number of ether oxygens (including phenoxy) is 3. The Morgan fingerprint density at radius 2 is 0.867 bits per heavy atom. The molecule has 0 aromatic carbocycles. The van der Waals surface area contributed by atoms with Crippen molar-refractivity contribution in [3.05, 3.63) is 24.3 Å². The van der Waals surface area contributed by atoms with Crippen molar-refractivity contribution in [2.45, 2.75) is 251 Å². The number of carbonyl (C=O) groups excluding carboxylic acids is 2. The average molecular weight is 849 g/mol. The van der Waals surface area contributed by atoms with Gasteiger partial charge in [-0.05, 0) is 38.5 Å². The zero-order chi connectivity index (χ0) is 44.2. The molecule has 0 spiro atoms. The van der Waals surface area contributed by atoms with E-state index in [9.17, 15) is 19.5 Å². The minimum absolute atomic E-state index is 0.0479. The van der Waals surface area contributed by atoms with Crippen molar-refractivity contribution >= 4 is 17.9 Å². The van der Waals surface area contributed by atoms with Gasteiger partial charge in [0.1, 0.15) is 6.61 Å². The summed E-state index contributed by atoms with van der Waals surface area (Å²) in [6.45, 7) is 4.75. The number of quaternary nitrogens is 1. The Hall–Kier alpha value is -2.19. The predicted octanol–water partition coefficient (Wildman–Crippen LogP) is 14.4. The van der Waals surface area contributed by atoms with Crippen LogP contribution in [0.5, 0.6) is 0 Å². The topological polar surface area (TPSA) is 99.1 Å². The molecule has 0 aromatic heterocycles. The average Bonchev–Trinajstić information content (AvgIpc) is 3.21. The minimum Gasteiger partial charge on any atom is -0.477 e. The molecule has 352 valence electrons. The van der Waals surface area contributed by atoms with E-state index in [1.807, 2.05) is 21.1 Å². The number of hydrogen-bond acceptors (Lipinski definition) is 6. The number of likely N-dealkylation sites (N-methyl/N-ethyl adjacent to an activating group) is 1. The lowest BCUT2D eigenvalue weighted by Crippen LogP contribution is -2.50. The van der Waals surface area contributed by atoms with Gasteiger partial charge in [0.25, 0.3) is 0 Å². The van der Waals surface area contributed by atoms with Gasteiger partial charge in [-0.25, -0.2) is 4.79 Å². The molecule has 0 aliphatic rings. The molecule has 2 unspecified atom stereocenters. The third kappa shape index (κ3) is 41.2. The van der Waals surface area contributed by atoms with E-state index in [4.69, 9.17) is 14.2 Å². The SMILES string of the molecule is CCCCCC/C=C/C=C/CCCCCCCCCCCCC(=O)OCC(COCCC(C(=O)O)[N+](C)(C)C)OC(=O)CCCCCCCCCCCCCCCCCC. The highest BCUT2D eigenvalue weighted by Gasteiger charge is 2.31. The zero-order valence-corrected chi connectivity index (χ0v) is 40.2. The molecule has 0 radical (unpaired) electrons. The van der Waals surface area contributed by atoms with Crippen LogP contribution in [0.4, 0.5) is 0 Å². The Labute approximate surface area is 371 Å². The Morgan fingerprint density at radius 1 is 0.500 bits per heavy atom. The van der Waals surface area contributed by atoms with Crippen LogP contribution in [-0.4, -0.2) is 80.6 Å². The van der Waals surface area contributed by atoms with E-state index in [0.717, 1.165) is 38.5 Å². The van der Waals surface area contributed by atoms with Gasteiger partial charge in [-0.15, -0.1) is 0 Å². The van der Waals surface area contributed by atoms with E-state index >= 15 is 0 Å². The van der Waals surface area contributed by atoms with Crippen LogP contribution in [0.3, 0.4) is 0 Å². The molecule has 0 aromatic rings. The lowest BCUT2D eigenvalue weighted by atomic mass is 10.0. The number of esters is 2. The van der Waals surface area contributed by atoms with E-state index in [1.54, 1.807) is 0 Å². The lowest BCUT2D eigenvalue weighted by Gasteiger charge is -2.31. The van der Waals surface area contributed by atoms with Crippen LogP contribution in [0.2, 0.25) is 0 Å². The van der Waals surface area contributed by atoms with Crippen molar-refractivity contribution in [1.82, 2.24) is 0 Å². The number of allylic oxidation sites excluding steroid dienone is 4. The number of nitrogens with zero attached hydrogens (tertiary/aromatic N) is 1. The third-order valence-electron chi connectivity index (χ3n) is 11.6. The highest BCUT2D eigenvalue weighted by Crippen LogP contribution is 2.16. The second-order valence-electron chi connectivity index (χ2n) is 18.5. The van der Waals surface area contributed by atoms with Crippen molar-refractivity contribution < 1.29 is 38.2 Å². The fourth-order valence-corrected chi connectivity index (χ4v) is 7.67. The summed E-state index contributed by atoms with van der Waals surface area (Å²) < 4.78 is 17.4. The van der Waals surface area contributed by atoms with E-state index in [2.05, 4.69) is 38.2 Å². The summed E-state index contributed by atoms with van der Waals surface area (Å²) in [7, 11) is 5.54. The van der Waals surface area contributed by atoms with Crippen molar-refractivity contribution in [1.29, 1.82) is 0 Å². The Bertz CT molecular complexity index is 1040. The van der Waals surface area contributed by atoms with E-state index < -0.39 is 18.1 Å². The normalized spacial score (nSPS) is 13.0. The first-order valence-corrected chi connectivity index (χ1v) is 25.4.